The van der Waals surface area contributed by atoms with Gasteiger partial charge in [0.25, 0.3) is 0 Å². The van der Waals surface area contributed by atoms with Gasteiger partial charge in [0.15, 0.2) is 0 Å². The molecule has 2 aromatic rings. The predicted molar refractivity (Wildman–Crippen MR) is 78.9 cm³/mol. The van der Waals surface area contributed by atoms with Gasteiger partial charge in [0.05, 0.1) is 0 Å². The van der Waals surface area contributed by atoms with E-state index in [9.17, 15) is 18.0 Å². The molecule has 0 aromatic heterocycles. The monoisotopic (exact) mass is 454 g/mol. The third-order valence-electron chi connectivity index (χ3n) is 2.49. The van der Waals surface area contributed by atoms with Gasteiger partial charge in [-0.3, -0.25) is 0 Å². The van der Waals surface area contributed by atoms with E-state index in [4.69, 9.17) is 5.11 Å². The van der Waals surface area contributed by atoms with Crippen LogP contribution in [0.15, 0.2) is 30.3 Å². The molecule has 1 unspecified atom stereocenters. The molecule has 104 valence electrons. The molecule has 7 heteroatoms. The summed E-state index contributed by atoms with van der Waals surface area (Å²) in [6, 6.07) is 6.03. The van der Waals surface area contributed by atoms with Gasteiger partial charge in [0, 0.05) is 0 Å². The molecule has 2 nitrogen and oxygen atoms in total. The first-order valence-corrected chi connectivity index (χ1v) is 8.50. The molecule has 0 amide bonds. The Hall–Kier alpha value is -1.01. The second-order valence-corrected chi connectivity index (χ2v) is 7.90. The molecule has 2 rings (SSSR count). The van der Waals surface area contributed by atoms with E-state index in [0.29, 0.717) is 14.0 Å². The minimum atomic E-state index is -1.41. The molecule has 2 aromatic carbocycles. The molecule has 1 N–H and O–H groups in total. The summed E-state index contributed by atoms with van der Waals surface area (Å²) in [6.45, 7) is 0. The van der Waals surface area contributed by atoms with Gasteiger partial charge in [0.1, 0.15) is 0 Å². The summed E-state index contributed by atoms with van der Waals surface area (Å²) in [6.07, 6.45) is 0. The minimum absolute atomic E-state index is 0.150. The van der Waals surface area contributed by atoms with Crippen molar-refractivity contribution < 1.29 is 23.1 Å². The molecule has 1 atom stereocenters. The fourth-order valence-electron chi connectivity index (χ4n) is 1.56. The zero-order chi connectivity index (χ0) is 14.9. The van der Waals surface area contributed by atoms with Crippen molar-refractivity contribution in [2.45, 2.75) is 0 Å². The van der Waals surface area contributed by atoms with Crippen molar-refractivity contribution in [2.24, 2.45) is 0 Å². The van der Waals surface area contributed by atoms with Gasteiger partial charge < -0.3 is 0 Å². The first-order chi connectivity index (χ1) is 9.38. The molecule has 0 aliphatic heterocycles. The third kappa shape index (κ3) is 3.35. The topological polar surface area (TPSA) is 37.3 Å². The van der Waals surface area contributed by atoms with Gasteiger partial charge in [-0.05, 0) is 0 Å². The number of halogens is 4. The van der Waals surface area contributed by atoms with Crippen LogP contribution in [0, 0.1) is 21.0 Å². The van der Waals surface area contributed by atoms with Gasteiger partial charge in [-0.15, -0.1) is 0 Å². The van der Waals surface area contributed by atoms with Crippen LogP contribution >= 0.6 is 22.6 Å². The number of carboxylic acid groups (broad SMARTS) is 1. The molecular formula is C13H7AsF3IO2. The van der Waals surface area contributed by atoms with Gasteiger partial charge in [-0.1, -0.05) is 0 Å². The molecule has 0 saturated carbocycles. The number of rotatable bonds is 3. The van der Waals surface area contributed by atoms with Crippen LogP contribution in [0.2, 0.25) is 0 Å². The van der Waals surface area contributed by atoms with Gasteiger partial charge in [-0.2, -0.15) is 0 Å². The Morgan fingerprint density at radius 2 is 1.65 bits per heavy atom. The Morgan fingerprint density at radius 3 is 2.25 bits per heavy atom. The van der Waals surface area contributed by atoms with Crippen molar-refractivity contribution in [3.8, 4) is 0 Å². The van der Waals surface area contributed by atoms with Crippen molar-refractivity contribution in [3.05, 3.63) is 56.9 Å². The zero-order valence-electron chi connectivity index (χ0n) is 9.75. The molecular weight excluding hydrogens is 447 g/mol. The summed E-state index contributed by atoms with van der Waals surface area (Å²) in [4.78, 5) is 11.1. The number of hydrogen-bond donors (Lipinski definition) is 1. The molecule has 0 spiro atoms. The van der Waals surface area contributed by atoms with Gasteiger partial charge in [-0.25, -0.2) is 0 Å². The summed E-state index contributed by atoms with van der Waals surface area (Å²) in [7, 11) is 0. The van der Waals surface area contributed by atoms with Gasteiger partial charge in [0.2, 0.25) is 0 Å². The molecule has 0 heterocycles. The number of hydrogen-bond acceptors (Lipinski definition) is 1. The van der Waals surface area contributed by atoms with Crippen LogP contribution in [0.5, 0.6) is 0 Å². The molecule has 0 saturated heterocycles. The number of carboxylic acids is 1. The Morgan fingerprint density at radius 1 is 1.00 bits per heavy atom. The fourth-order valence-corrected chi connectivity index (χ4v) is 4.45. The maximum atomic E-state index is 13.8. The fraction of sp³-hybridized carbons (Fsp3) is 0. The molecule has 0 aliphatic carbocycles. The first-order valence-electron chi connectivity index (χ1n) is 5.33. The Labute approximate surface area is 132 Å². The second kappa shape index (κ2) is 6.18. The normalized spacial score (nSPS) is 11.2. The van der Waals surface area contributed by atoms with E-state index >= 15 is 0 Å². The summed E-state index contributed by atoms with van der Waals surface area (Å²) >= 11 is 0.539. The molecule has 0 bridgehead atoms. The van der Waals surface area contributed by atoms with Crippen molar-refractivity contribution in [1.82, 2.24) is 0 Å². The van der Waals surface area contributed by atoms with Crippen LogP contribution in [-0.4, -0.2) is 26.8 Å². The third-order valence-corrected chi connectivity index (χ3v) is 6.01. The van der Waals surface area contributed by atoms with E-state index in [1.54, 1.807) is 12.1 Å². The summed E-state index contributed by atoms with van der Waals surface area (Å²) < 4.78 is 41.3. The van der Waals surface area contributed by atoms with Crippen LogP contribution in [-0.2, 0) is 0 Å². The standard InChI is InChI=1S/C13H7AsF3IO2/c15-10-3-6(18)1-2-8(10)14-9-5-12(17)11(16)4-7(9)13(19)20/h1-5,14H,(H,19,20). The summed E-state index contributed by atoms with van der Waals surface area (Å²) in [5.74, 6) is -4.16. The quantitative estimate of drug-likeness (QED) is 0.568. The van der Waals surface area contributed by atoms with E-state index in [-0.39, 0.29) is 9.91 Å². The first kappa shape index (κ1) is 15.4. The average Bonchev–Trinajstić information content (AvgIpc) is 2.36. The maximum absolute atomic E-state index is 13.8. The van der Waals surface area contributed by atoms with Crippen molar-refractivity contribution in [3.63, 3.8) is 0 Å². The van der Waals surface area contributed by atoms with Crippen LogP contribution < -0.4 is 8.70 Å². The Balaban J connectivity index is 2.47. The van der Waals surface area contributed by atoms with E-state index in [0.717, 1.165) is 6.07 Å². The van der Waals surface area contributed by atoms with Crippen molar-refractivity contribution in [1.29, 1.82) is 0 Å². The van der Waals surface area contributed by atoms with Crippen molar-refractivity contribution >= 4 is 53.0 Å². The number of carbonyl (C=O) groups is 1. The van der Waals surface area contributed by atoms with Crippen LogP contribution in [0.1, 0.15) is 10.4 Å². The van der Waals surface area contributed by atoms with Crippen LogP contribution in [0.25, 0.3) is 0 Å². The summed E-state index contributed by atoms with van der Waals surface area (Å²) in [5.41, 5.74) is -0.318. The predicted octanol–water partition coefficient (Wildman–Crippen LogP) is 1.79. The Kier molecular flexibility index (Phi) is 4.75. The molecule has 0 fully saturated rings. The number of aromatic carboxylic acids is 1. The van der Waals surface area contributed by atoms with E-state index in [1.807, 2.05) is 22.6 Å². The van der Waals surface area contributed by atoms with Gasteiger partial charge >= 0.3 is 133 Å². The van der Waals surface area contributed by atoms with Crippen LogP contribution in [0.3, 0.4) is 0 Å². The summed E-state index contributed by atoms with van der Waals surface area (Å²) in [5, 5.41) is 9.01. The average molecular weight is 454 g/mol. The Bertz CT molecular complexity index is 692. The van der Waals surface area contributed by atoms with E-state index in [1.165, 1.54) is 6.07 Å². The van der Waals surface area contributed by atoms with Crippen molar-refractivity contribution in [2.75, 3.05) is 0 Å². The zero-order valence-corrected chi connectivity index (χ0v) is 14.0. The number of benzene rings is 2. The second-order valence-electron chi connectivity index (χ2n) is 3.87. The van der Waals surface area contributed by atoms with E-state index < -0.39 is 39.2 Å². The van der Waals surface area contributed by atoms with E-state index in [2.05, 4.69) is 0 Å². The molecule has 0 aliphatic rings. The SMILES string of the molecule is O=C(O)c1cc(F)c(F)cc1[AsH]c1ccc(I)cc1F. The molecule has 0 radical (unpaired) electrons. The van der Waals surface area contributed by atoms with Crippen LogP contribution in [0.4, 0.5) is 13.2 Å². The molecule has 20 heavy (non-hydrogen) atoms.